The first-order chi connectivity index (χ1) is 10.4. The first kappa shape index (κ1) is 15.3. The Kier molecular flexibility index (Phi) is 3.87. The topological polar surface area (TPSA) is 59.6 Å². The zero-order valence-electron chi connectivity index (χ0n) is 13.5. The minimum Gasteiger partial charge on any atom is -0.444 e. The second-order valence-corrected chi connectivity index (χ2v) is 7.06. The molecule has 1 aliphatic heterocycles. The van der Waals surface area contributed by atoms with E-state index in [4.69, 9.17) is 9.47 Å². The third kappa shape index (κ3) is 3.10. The van der Waals surface area contributed by atoms with Crippen molar-refractivity contribution in [1.82, 2.24) is 5.32 Å². The summed E-state index contributed by atoms with van der Waals surface area (Å²) < 4.78 is 10.9. The van der Waals surface area contributed by atoms with E-state index in [1.165, 1.54) is 11.1 Å². The van der Waals surface area contributed by atoms with Crippen LogP contribution in [0.3, 0.4) is 0 Å². The standard InChI is InChI=1S/C17H24N2O3/c1-16(2,3)22-15(20)19-13-4-5-14-12(10-13)6-7-17(14)11-21-9-8-18-17/h4-5,10,18H,6-9,11H2,1-3H3,(H,19,20)/t17-/m0/s1. The van der Waals surface area contributed by atoms with Crippen LogP contribution >= 0.6 is 0 Å². The van der Waals surface area contributed by atoms with Crippen molar-refractivity contribution in [3.8, 4) is 0 Å². The molecule has 120 valence electrons. The number of morpholine rings is 1. The van der Waals surface area contributed by atoms with Gasteiger partial charge in [-0.25, -0.2) is 4.79 Å². The number of rotatable bonds is 1. The molecular weight excluding hydrogens is 280 g/mol. The lowest BCUT2D eigenvalue weighted by molar-refractivity contribution is 0.0260. The Bertz CT molecular complexity index is 572. The monoisotopic (exact) mass is 304 g/mol. The van der Waals surface area contributed by atoms with E-state index in [0.29, 0.717) is 0 Å². The summed E-state index contributed by atoms with van der Waals surface area (Å²) in [6.45, 7) is 7.95. The molecule has 1 heterocycles. The van der Waals surface area contributed by atoms with Crippen molar-refractivity contribution in [2.45, 2.75) is 44.8 Å². The van der Waals surface area contributed by atoms with Crippen molar-refractivity contribution in [1.29, 1.82) is 0 Å². The van der Waals surface area contributed by atoms with E-state index in [1.807, 2.05) is 32.9 Å². The Morgan fingerprint density at radius 3 is 2.91 bits per heavy atom. The van der Waals surface area contributed by atoms with Crippen molar-refractivity contribution >= 4 is 11.8 Å². The molecule has 1 aromatic carbocycles. The first-order valence-electron chi connectivity index (χ1n) is 7.84. The largest absolute Gasteiger partial charge is 0.444 e. The summed E-state index contributed by atoms with van der Waals surface area (Å²) in [5.41, 5.74) is 2.81. The molecule has 0 saturated carbocycles. The average molecular weight is 304 g/mol. The quantitative estimate of drug-likeness (QED) is 0.837. The molecule has 5 nitrogen and oxygen atoms in total. The molecule has 0 bridgehead atoms. The molecule has 0 radical (unpaired) electrons. The van der Waals surface area contributed by atoms with Crippen LogP contribution in [0.15, 0.2) is 18.2 Å². The summed E-state index contributed by atoms with van der Waals surface area (Å²) in [5, 5.41) is 6.41. The average Bonchev–Trinajstić information content (AvgIpc) is 2.76. The van der Waals surface area contributed by atoms with E-state index in [0.717, 1.165) is 38.3 Å². The zero-order chi connectivity index (χ0) is 15.8. The van der Waals surface area contributed by atoms with Crippen LogP contribution < -0.4 is 10.6 Å². The van der Waals surface area contributed by atoms with Gasteiger partial charge in [0.05, 0.1) is 18.8 Å². The van der Waals surface area contributed by atoms with Gasteiger partial charge in [-0.2, -0.15) is 0 Å². The van der Waals surface area contributed by atoms with Gasteiger partial charge in [-0.05, 0) is 56.9 Å². The van der Waals surface area contributed by atoms with Gasteiger partial charge in [0.25, 0.3) is 0 Å². The summed E-state index contributed by atoms with van der Waals surface area (Å²) in [6.07, 6.45) is 1.62. The Balaban J connectivity index is 1.74. The highest BCUT2D eigenvalue weighted by Crippen LogP contribution is 2.39. The maximum atomic E-state index is 11.9. The fraction of sp³-hybridized carbons (Fsp3) is 0.588. The molecule has 1 atom stereocenters. The third-order valence-electron chi connectivity index (χ3n) is 4.15. The molecule has 3 rings (SSSR count). The molecule has 0 unspecified atom stereocenters. The second-order valence-electron chi connectivity index (χ2n) is 7.06. The molecule has 1 aromatic rings. The van der Waals surface area contributed by atoms with Crippen LogP contribution in [0.5, 0.6) is 0 Å². The highest BCUT2D eigenvalue weighted by Gasteiger charge is 2.40. The van der Waals surface area contributed by atoms with E-state index in [9.17, 15) is 4.79 Å². The van der Waals surface area contributed by atoms with E-state index in [1.54, 1.807) is 0 Å². The second kappa shape index (κ2) is 5.56. The highest BCUT2D eigenvalue weighted by molar-refractivity contribution is 5.85. The molecular formula is C17H24N2O3. The summed E-state index contributed by atoms with van der Waals surface area (Å²) in [4.78, 5) is 11.9. The summed E-state index contributed by atoms with van der Waals surface area (Å²) in [5.74, 6) is 0. The van der Waals surface area contributed by atoms with Gasteiger partial charge < -0.3 is 14.8 Å². The maximum Gasteiger partial charge on any atom is 0.412 e. The van der Waals surface area contributed by atoms with Crippen molar-refractivity contribution in [3.63, 3.8) is 0 Å². The Morgan fingerprint density at radius 2 is 2.23 bits per heavy atom. The van der Waals surface area contributed by atoms with Gasteiger partial charge in [0, 0.05) is 12.2 Å². The van der Waals surface area contributed by atoms with Crippen LogP contribution in [-0.2, 0) is 21.4 Å². The van der Waals surface area contributed by atoms with Gasteiger partial charge in [0.1, 0.15) is 5.60 Å². The minimum atomic E-state index is -0.492. The van der Waals surface area contributed by atoms with Gasteiger partial charge in [-0.15, -0.1) is 0 Å². The number of anilines is 1. The number of aryl methyl sites for hydroxylation is 1. The van der Waals surface area contributed by atoms with Crippen LogP contribution in [0.2, 0.25) is 0 Å². The summed E-state index contributed by atoms with van der Waals surface area (Å²) in [6, 6.07) is 6.08. The van der Waals surface area contributed by atoms with Crippen LogP contribution in [0.25, 0.3) is 0 Å². The Labute approximate surface area is 131 Å². The van der Waals surface area contributed by atoms with E-state index in [2.05, 4.69) is 16.7 Å². The van der Waals surface area contributed by atoms with Crippen molar-refractivity contribution in [3.05, 3.63) is 29.3 Å². The van der Waals surface area contributed by atoms with Crippen molar-refractivity contribution in [2.24, 2.45) is 0 Å². The maximum absolute atomic E-state index is 11.9. The molecule has 1 saturated heterocycles. The predicted octanol–water partition coefficient (Wildman–Crippen LogP) is 2.79. The Morgan fingerprint density at radius 1 is 1.41 bits per heavy atom. The fourth-order valence-electron chi connectivity index (χ4n) is 3.24. The lowest BCUT2D eigenvalue weighted by Crippen LogP contribution is -2.50. The third-order valence-corrected chi connectivity index (χ3v) is 4.15. The van der Waals surface area contributed by atoms with Gasteiger partial charge in [-0.1, -0.05) is 6.07 Å². The zero-order valence-corrected chi connectivity index (χ0v) is 13.5. The van der Waals surface area contributed by atoms with Gasteiger partial charge >= 0.3 is 6.09 Å². The van der Waals surface area contributed by atoms with Gasteiger partial charge in [0.2, 0.25) is 0 Å². The van der Waals surface area contributed by atoms with Crippen LogP contribution in [-0.4, -0.2) is 31.5 Å². The van der Waals surface area contributed by atoms with Crippen LogP contribution in [0, 0.1) is 0 Å². The number of carbonyl (C=O) groups is 1. The van der Waals surface area contributed by atoms with Crippen LogP contribution in [0.4, 0.5) is 10.5 Å². The van der Waals surface area contributed by atoms with Crippen LogP contribution in [0.1, 0.15) is 38.3 Å². The molecule has 2 aliphatic rings. The van der Waals surface area contributed by atoms with E-state index in [-0.39, 0.29) is 5.54 Å². The van der Waals surface area contributed by atoms with Crippen molar-refractivity contribution in [2.75, 3.05) is 25.1 Å². The van der Waals surface area contributed by atoms with E-state index < -0.39 is 11.7 Å². The molecule has 5 heteroatoms. The molecule has 1 spiro atoms. The lowest BCUT2D eigenvalue weighted by Gasteiger charge is -2.35. The fourth-order valence-corrected chi connectivity index (χ4v) is 3.24. The number of amides is 1. The number of carbonyl (C=O) groups excluding carboxylic acids is 1. The molecule has 2 N–H and O–H groups in total. The summed E-state index contributed by atoms with van der Waals surface area (Å²) >= 11 is 0. The number of ether oxygens (including phenoxy) is 2. The first-order valence-corrected chi connectivity index (χ1v) is 7.84. The molecule has 22 heavy (non-hydrogen) atoms. The Hall–Kier alpha value is -1.59. The van der Waals surface area contributed by atoms with Crippen molar-refractivity contribution < 1.29 is 14.3 Å². The number of hydrogen-bond donors (Lipinski definition) is 2. The number of hydrogen-bond acceptors (Lipinski definition) is 4. The smallest absolute Gasteiger partial charge is 0.412 e. The molecule has 0 aromatic heterocycles. The lowest BCUT2D eigenvalue weighted by atomic mass is 9.91. The highest BCUT2D eigenvalue weighted by atomic mass is 16.6. The molecule has 1 aliphatic carbocycles. The number of benzene rings is 1. The SMILES string of the molecule is CC(C)(C)OC(=O)Nc1ccc2c(c1)CC[C@]21COCCN1. The number of fused-ring (bicyclic) bond motifs is 2. The normalized spacial score (nSPS) is 24.1. The number of nitrogens with one attached hydrogen (secondary N) is 2. The minimum absolute atomic E-state index is 0.0436. The van der Waals surface area contributed by atoms with Gasteiger partial charge in [-0.3, -0.25) is 5.32 Å². The van der Waals surface area contributed by atoms with Gasteiger partial charge in [0.15, 0.2) is 0 Å². The van der Waals surface area contributed by atoms with E-state index >= 15 is 0 Å². The molecule has 1 fully saturated rings. The molecule has 1 amide bonds. The summed E-state index contributed by atoms with van der Waals surface area (Å²) in [7, 11) is 0. The predicted molar refractivity (Wildman–Crippen MR) is 85.1 cm³/mol.